The van der Waals surface area contributed by atoms with Gasteiger partial charge in [-0.3, -0.25) is 9.79 Å². The monoisotopic (exact) mass is 326 g/mol. The summed E-state index contributed by atoms with van der Waals surface area (Å²) in [7, 11) is 0. The molecule has 1 N–H and O–H groups in total. The summed E-state index contributed by atoms with van der Waals surface area (Å²) in [5.41, 5.74) is 3.59. The third kappa shape index (κ3) is 3.62. The van der Waals surface area contributed by atoms with Crippen LogP contribution in [-0.4, -0.2) is 17.2 Å². The number of halogens is 1. The smallest absolute Gasteiger partial charge is 0.230 e. The molecule has 0 aromatic heterocycles. The van der Waals surface area contributed by atoms with Crippen molar-refractivity contribution in [2.24, 2.45) is 4.99 Å². The van der Waals surface area contributed by atoms with Crippen molar-refractivity contribution in [1.82, 2.24) is 0 Å². The van der Waals surface area contributed by atoms with Crippen LogP contribution in [0.4, 0.5) is 5.69 Å². The number of rotatable bonds is 3. The van der Waals surface area contributed by atoms with Crippen molar-refractivity contribution < 1.29 is 4.79 Å². The van der Waals surface area contributed by atoms with E-state index in [-0.39, 0.29) is 17.9 Å². The fourth-order valence-corrected chi connectivity index (χ4v) is 3.11. The van der Waals surface area contributed by atoms with Crippen LogP contribution in [0.15, 0.2) is 53.5 Å². The molecule has 0 spiro atoms. The molecule has 0 aliphatic carbocycles. The maximum absolute atomic E-state index is 12.4. The maximum atomic E-state index is 12.4. The van der Waals surface area contributed by atoms with Crippen LogP contribution in [-0.2, 0) is 11.2 Å². The predicted octanol–water partition coefficient (Wildman–Crippen LogP) is 4.49. The van der Waals surface area contributed by atoms with Crippen LogP contribution in [0.1, 0.15) is 31.4 Å². The summed E-state index contributed by atoms with van der Waals surface area (Å²) in [6, 6.07) is 15.4. The highest BCUT2D eigenvalue weighted by atomic mass is 35.5. The first-order chi connectivity index (χ1) is 10.9. The standard InChI is InChI=1S/C19H19ClN2O/c1-19(2)12-13-7-3-4-8-14(13)17(22-19)11-18(23)21-16-10-6-5-9-15(16)20/h3-10H,11-12H2,1-2H3,(H,21,23). The first kappa shape index (κ1) is 15.8. The molecule has 0 radical (unpaired) electrons. The Balaban J connectivity index is 1.82. The zero-order chi connectivity index (χ0) is 16.4. The largest absolute Gasteiger partial charge is 0.324 e. The Morgan fingerprint density at radius 3 is 2.65 bits per heavy atom. The second-order valence-electron chi connectivity index (χ2n) is 6.41. The third-order valence-corrected chi connectivity index (χ3v) is 4.19. The first-order valence-corrected chi connectivity index (χ1v) is 8.04. The fourth-order valence-electron chi connectivity index (χ4n) is 2.93. The third-order valence-electron chi connectivity index (χ3n) is 3.86. The van der Waals surface area contributed by atoms with E-state index in [1.54, 1.807) is 12.1 Å². The van der Waals surface area contributed by atoms with Crippen molar-refractivity contribution in [1.29, 1.82) is 0 Å². The lowest BCUT2D eigenvalue weighted by Gasteiger charge is -2.29. The molecular weight excluding hydrogens is 308 g/mol. The molecule has 0 bridgehead atoms. The Labute approximate surface area is 141 Å². The van der Waals surface area contributed by atoms with Gasteiger partial charge in [-0.25, -0.2) is 0 Å². The SMILES string of the molecule is CC1(C)Cc2ccccc2C(CC(=O)Nc2ccccc2Cl)=N1. The minimum Gasteiger partial charge on any atom is -0.324 e. The summed E-state index contributed by atoms with van der Waals surface area (Å²) in [5, 5.41) is 3.40. The van der Waals surface area contributed by atoms with Gasteiger partial charge in [-0.1, -0.05) is 48.0 Å². The molecule has 2 aromatic rings. The van der Waals surface area contributed by atoms with Gasteiger partial charge in [-0.2, -0.15) is 0 Å². The van der Waals surface area contributed by atoms with E-state index in [9.17, 15) is 4.79 Å². The minimum absolute atomic E-state index is 0.107. The number of carbonyl (C=O) groups excluding carboxylic acids is 1. The second kappa shape index (κ2) is 6.17. The number of para-hydroxylation sites is 1. The van der Waals surface area contributed by atoms with Crippen molar-refractivity contribution in [2.75, 3.05) is 5.32 Å². The second-order valence-corrected chi connectivity index (χ2v) is 6.82. The molecule has 1 heterocycles. The highest BCUT2D eigenvalue weighted by molar-refractivity contribution is 6.33. The van der Waals surface area contributed by atoms with E-state index in [4.69, 9.17) is 16.6 Å². The van der Waals surface area contributed by atoms with E-state index in [0.717, 1.165) is 17.7 Å². The number of amides is 1. The molecule has 118 valence electrons. The van der Waals surface area contributed by atoms with E-state index in [0.29, 0.717) is 10.7 Å². The van der Waals surface area contributed by atoms with Crippen LogP contribution in [0.5, 0.6) is 0 Å². The summed E-state index contributed by atoms with van der Waals surface area (Å²) in [6.45, 7) is 4.18. The molecule has 0 fully saturated rings. The Morgan fingerprint density at radius 2 is 1.87 bits per heavy atom. The number of hydrogen-bond acceptors (Lipinski definition) is 2. The lowest BCUT2D eigenvalue weighted by Crippen LogP contribution is -2.30. The first-order valence-electron chi connectivity index (χ1n) is 7.66. The van der Waals surface area contributed by atoms with Gasteiger partial charge in [0.25, 0.3) is 0 Å². The molecule has 1 amide bonds. The number of benzene rings is 2. The van der Waals surface area contributed by atoms with Crippen LogP contribution in [0.3, 0.4) is 0 Å². The van der Waals surface area contributed by atoms with Crippen LogP contribution >= 0.6 is 11.6 Å². The van der Waals surface area contributed by atoms with Crippen LogP contribution < -0.4 is 5.32 Å². The lowest BCUT2D eigenvalue weighted by atomic mass is 9.86. The molecule has 1 aliphatic heterocycles. The van der Waals surface area contributed by atoms with Gasteiger partial charge in [-0.05, 0) is 43.5 Å². The number of hydrogen-bond donors (Lipinski definition) is 1. The van der Waals surface area contributed by atoms with E-state index >= 15 is 0 Å². The van der Waals surface area contributed by atoms with Gasteiger partial charge in [0, 0.05) is 0 Å². The molecule has 0 saturated carbocycles. The molecule has 23 heavy (non-hydrogen) atoms. The predicted molar refractivity (Wildman–Crippen MR) is 95.5 cm³/mol. The Bertz CT molecular complexity index is 780. The van der Waals surface area contributed by atoms with E-state index in [1.165, 1.54) is 5.56 Å². The normalized spacial score (nSPS) is 15.5. The van der Waals surface area contributed by atoms with Gasteiger partial charge >= 0.3 is 0 Å². The van der Waals surface area contributed by atoms with Crippen molar-refractivity contribution in [3.05, 3.63) is 64.7 Å². The molecular formula is C19H19ClN2O. The quantitative estimate of drug-likeness (QED) is 0.887. The number of nitrogens with one attached hydrogen (secondary N) is 1. The highest BCUT2D eigenvalue weighted by Gasteiger charge is 2.27. The molecule has 0 atom stereocenters. The topological polar surface area (TPSA) is 41.5 Å². The van der Waals surface area contributed by atoms with E-state index < -0.39 is 0 Å². The zero-order valence-electron chi connectivity index (χ0n) is 13.3. The van der Waals surface area contributed by atoms with E-state index in [2.05, 4.69) is 25.2 Å². The lowest BCUT2D eigenvalue weighted by molar-refractivity contribution is -0.115. The average Bonchev–Trinajstić information content (AvgIpc) is 2.48. The van der Waals surface area contributed by atoms with E-state index in [1.807, 2.05) is 30.3 Å². The van der Waals surface area contributed by atoms with Gasteiger partial charge < -0.3 is 5.32 Å². The van der Waals surface area contributed by atoms with Gasteiger partial charge in [0.1, 0.15) is 0 Å². The van der Waals surface area contributed by atoms with Gasteiger partial charge in [0.15, 0.2) is 0 Å². The van der Waals surface area contributed by atoms with Gasteiger partial charge in [0.2, 0.25) is 5.91 Å². The Kier molecular flexibility index (Phi) is 4.22. The van der Waals surface area contributed by atoms with Crippen LogP contribution in [0, 0.1) is 0 Å². The number of carbonyl (C=O) groups is 1. The molecule has 3 nitrogen and oxygen atoms in total. The van der Waals surface area contributed by atoms with Crippen molar-refractivity contribution in [3.63, 3.8) is 0 Å². The summed E-state index contributed by atoms with van der Waals surface area (Å²) < 4.78 is 0. The summed E-state index contributed by atoms with van der Waals surface area (Å²) >= 11 is 6.09. The summed E-state index contributed by atoms with van der Waals surface area (Å²) in [5.74, 6) is -0.107. The van der Waals surface area contributed by atoms with Crippen LogP contribution in [0.2, 0.25) is 5.02 Å². The summed E-state index contributed by atoms with van der Waals surface area (Å²) in [6.07, 6.45) is 1.13. The van der Waals surface area contributed by atoms with Crippen molar-refractivity contribution >= 4 is 28.9 Å². The Morgan fingerprint density at radius 1 is 1.17 bits per heavy atom. The fraction of sp³-hybridized carbons (Fsp3) is 0.263. The number of aliphatic imine (C=N–C) groups is 1. The number of anilines is 1. The molecule has 0 unspecified atom stereocenters. The molecule has 1 aliphatic rings. The Hall–Kier alpha value is -2.13. The summed E-state index contributed by atoms with van der Waals surface area (Å²) in [4.78, 5) is 17.2. The number of fused-ring (bicyclic) bond motifs is 1. The highest BCUT2D eigenvalue weighted by Crippen LogP contribution is 2.28. The molecule has 3 rings (SSSR count). The molecule has 0 saturated heterocycles. The number of nitrogens with zero attached hydrogens (tertiary/aromatic N) is 1. The molecule has 2 aromatic carbocycles. The van der Waals surface area contributed by atoms with Crippen molar-refractivity contribution in [3.8, 4) is 0 Å². The minimum atomic E-state index is -0.186. The average molecular weight is 327 g/mol. The van der Waals surface area contributed by atoms with Crippen molar-refractivity contribution in [2.45, 2.75) is 32.2 Å². The van der Waals surface area contributed by atoms with Gasteiger partial charge in [0.05, 0.1) is 28.4 Å². The zero-order valence-corrected chi connectivity index (χ0v) is 14.0. The van der Waals surface area contributed by atoms with Gasteiger partial charge in [-0.15, -0.1) is 0 Å². The van der Waals surface area contributed by atoms with Crippen LogP contribution in [0.25, 0.3) is 0 Å². The maximum Gasteiger partial charge on any atom is 0.230 e. The molecule has 4 heteroatoms.